The third kappa shape index (κ3) is 9.93. The van der Waals surface area contributed by atoms with Crippen molar-refractivity contribution in [3.8, 4) is 0 Å². The minimum absolute atomic E-state index is 0.0513. The number of nitrogens with one attached hydrogen (secondary N) is 1. The van der Waals surface area contributed by atoms with E-state index in [1.54, 1.807) is 43.3 Å². The lowest BCUT2D eigenvalue weighted by Crippen LogP contribution is -2.53. The maximum atomic E-state index is 14.6. The van der Waals surface area contributed by atoms with Gasteiger partial charge in [0.05, 0.1) is 31.2 Å². The average molecular weight is 769 g/mol. The van der Waals surface area contributed by atoms with E-state index in [1.807, 2.05) is 6.92 Å². The van der Waals surface area contributed by atoms with Crippen LogP contribution in [0.2, 0.25) is 15.1 Å². The number of carbonyl (C=O) groups is 2. The quantitative estimate of drug-likeness (QED) is 0.130. The van der Waals surface area contributed by atoms with Crippen molar-refractivity contribution < 1.29 is 31.2 Å². The Balaban J connectivity index is 1.87. The zero-order chi connectivity index (χ0) is 36.6. The second-order valence-corrected chi connectivity index (χ2v) is 14.7. The minimum Gasteiger partial charge on any atom is -0.354 e. The Morgan fingerprint density at radius 2 is 1.50 bits per heavy atom. The molecule has 7 nitrogen and oxygen atoms in total. The molecule has 4 aromatic rings. The van der Waals surface area contributed by atoms with E-state index in [0.717, 1.165) is 24.1 Å². The number of hydrogen-bond acceptors (Lipinski definition) is 4. The SMILES string of the molecule is CCCCNC(=O)[C@H](Cc1ccccc1)N(Cc1ccc(Cl)c(Cl)c1)C(=O)CN(c1ccc(Cl)c(C(F)(F)F)c1)S(=O)(=O)c1ccc(C)cc1. The summed E-state index contributed by atoms with van der Waals surface area (Å²) < 4.78 is 70.9. The number of hydrogen-bond donors (Lipinski definition) is 1. The van der Waals surface area contributed by atoms with Crippen molar-refractivity contribution in [2.24, 2.45) is 0 Å². The first-order chi connectivity index (χ1) is 23.6. The Hall–Kier alpha value is -3.77. The molecular weight excluding hydrogens is 734 g/mol. The monoisotopic (exact) mass is 767 g/mol. The smallest absolute Gasteiger partial charge is 0.354 e. The molecule has 0 aromatic heterocycles. The normalized spacial score (nSPS) is 12.3. The van der Waals surface area contributed by atoms with Gasteiger partial charge in [-0.25, -0.2) is 8.42 Å². The summed E-state index contributed by atoms with van der Waals surface area (Å²) >= 11 is 18.3. The van der Waals surface area contributed by atoms with Crippen LogP contribution in [0.3, 0.4) is 0 Å². The molecular formula is C36H35Cl3F3N3O4S. The Kier molecular flexibility index (Phi) is 13.2. The number of benzene rings is 4. The van der Waals surface area contributed by atoms with Gasteiger partial charge in [0.15, 0.2) is 0 Å². The fraction of sp³-hybridized carbons (Fsp3) is 0.278. The minimum atomic E-state index is -4.92. The largest absolute Gasteiger partial charge is 0.417 e. The third-order valence-corrected chi connectivity index (χ3v) is 10.7. The van der Waals surface area contributed by atoms with Crippen LogP contribution in [0.4, 0.5) is 18.9 Å². The molecule has 14 heteroatoms. The number of anilines is 1. The maximum Gasteiger partial charge on any atom is 0.417 e. The number of aryl methyl sites for hydroxylation is 1. The Bertz CT molecular complexity index is 1910. The summed E-state index contributed by atoms with van der Waals surface area (Å²) in [5.74, 6) is -1.35. The van der Waals surface area contributed by atoms with E-state index in [0.29, 0.717) is 34.5 Å². The molecule has 1 atom stereocenters. The molecule has 0 fully saturated rings. The van der Waals surface area contributed by atoms with Gasteiger partial charge in [0.2, 0.25) is 11.8 Å². The van der Waals surface area contributed by atoms with E-state index < -0.39 is 56.9 Å². The number of rotatable bonds is 14. The van der Waals surface area contributed by atoms with Gasteiger partial charge in [-0.1, -0.05) is 102 Å². The molecule has 4 rings (SSSR count). The molecule has 50 heavy (non-hydrogen) atoms. The van der Waals surface area contributed by atoms with Gasteiger partial charge in [-0.15, -0.1) is 0 Å². The highest BCUT2D eigenvalue weighted by Gasteiger charge is 2.37. The van der Waals surface area contributed by atoms with Gasteiger partial charge in [-0.3, -0.25) is 13.9 Å². The zero-order valence-corrected chi connectivity index (χ0v) is 30.3. The van der Waals surface area contributed by atoms with E-state index in [-0.39, 0.29) is 27.9 Å². The first kappa shape index (κ1) is 39.0. The lowest BCUT2D eigenvalue weighted by Gasteiger charge is -2.34. The Labute approximate surface area is 305 Å². The van der Waals surface area contributed by atoms with Crippen LogP contribution >= 0.6 is 34.8 Å². The van der Waals surface area contributed by atoms with E-state index >= 15 is 0 Å². The molecule has 0 heterocycles. The van der Waals surface area contributed by atoms with Gasteiger partial charge < -0.3 is 10.2 Å². The van der Waals surface area contributed by atoms with Crippen LogP contribution in [0.25, 0.3) is 0 Å². The first-order valence-electron chi connectivity index (χ1n) is 15.6. The van der Waals surface area contributed by atoms with Crippen LogP contribution in [0.15, 0.2) is 95.9 Å². The molecule has 0 aliphatic heterocycles. The van der Waals surface area contributed by atoms with Crippen LogP contribution in [0.5, 0.6) is 0 Å². The highest BCUT2D eigenvalue weighted by Crippen LogP contribution is 2.38. The molecule has 0 spiro atoms. The van der Waals surface area contributed by atoms with Crippen LogP contribution < -0.4 is 9.62 Å². The Morgan fingerprint density at radius 3 is 2.12 bits per heavy atom. The molecule has 1 N–H and O–H groups in total. The molecule has 0 saturated heterocycles. The number of sulfonamides is 1. The number of nitrogens with zero attached hydrogens (tertiary/aromatic N) is 2. The fourth-order valence-corrected chi connectivity index (χ4v) is 7.10. The molecule has 266 valence electrons. The van der Waals surface area contributed by atoms with Gasteiger partial charge in [0.25, 0.3) is 10.0 Å². The van der Waals surface area contributed by atoms with Gasteiger partial charge in [0, 0.05) is 19.5 Å². The molecule has 0 bridgehead atoms. The summed E-state index contributed by atoms with van der Waals surface area (Å²) in [6, 6.07) is 20.7. The summed E-state index contributed by atoms with van der Waals surface area (Å²) in [4.78, 5) is 29.4. The van der Waals surface area contributed by atoms with Crippen molar-refractivity contribution in [1.82, 2.24) is 10.2 Å². The number of alkyl halides is 3. The van der Waals surface area contributed by atoms with Gasteiger partial charge in [-0.2, -0.15) is 13.2 Å². The highest BCUT2D eigenvalue weighted by atomic mass is 35.5. The highest BCUT2D eigenvalue weighted by molar-refractivity contribution is 7.92. The summed E-state index contributed by atoms with van der Waals surface area (Å²) in [5.41, 5.74) is 0.205. The van der Waals surface area contributed by atoms with Crippen molar-refractivity contribution in [1.29, 1.82) is 0 Å². The lowest BCUT2D eigenvalue weighted by atomic mass is 10.0. The molecule has 2 amide bonds. The summed E-state index contributed by atoms with van der Waals surface area (Å²) in [5, 5.41) is 2.67. The van der Waals surface area contributed by atoms with Crippen LogP contribution in [-0.2, 0) is 38.8 Å². The van der Waals surface area contributed by atoms with Crippen molar-refractivity contribution >= 4 is 62.3 Å². The molecule has 4 aromatic carbocycles. The molecule has 0 aliphatic carbocycles. The summed E-state index contributed by atoms with van der Waals surface area (Å²) in [6.07, 6.45) is -3.41. The summed E-state index contributed by atoms with van der Waals surface area (Å²) in [7, 11) is -4.65. The first-order valence-corrected chi connectivity index (χ1v) is 18.2. The van der Waals surface area contributed by atoms with Crippen LogP contribution in [0.1, 0.15) is 42.0 Å². The fourth-order valence-electron chi connectivity index (χ4n) is 5.15. The molecule has 0 saturated carbocycles. The maximum absolute atomic E-state index is 14.6. The Morgan fingerprint density at radius 1 is 0.840 bits per heavy atom. The van der Waals surface area contributed by atoms with E-state index in [9.17, 15) is 31.2 Å². The second-order valence-electron chi connectivity index (χ2n) is 11.6. The van der Waals surface area contributed by atoms with Gasteiger partial charge >= 0.3 is 6.18 Å². The molecule has 0 aliphatic rings. The predicted molar refractivity (Wildman–Crippen MR) is 191 cm³/mol. The topological polar surface area (TPSA) is 86.8 Å². The van der Waals surface area contributed by atoms with Crippen LogP contribution in [-0.4, -0.2) is 44.3 Å². The van der Waals surface area contributed by atoms with Crippen molar-refractivity contribution in [2.75, 3.05) is 17.4 Å². The standard InChI is InChI=1S/C36H35Cl3F3N3O4S/c1-3-4-18-43-35(47)33(20-25-8-6-5-7-9-25)44(22-26-12-16-31(38)32(39)19-26)34(46)23-45(50(48,49)28-14-10-24(2)11-15-28)27-13-17-30(37)29(21-27)36(40,41)42/h5-17,19,21,33H,3-4,18,20,22-23H2,1-2H3,(H,43,47)/t33-/m0/s1. The summed E-state index contributed by atoms with van der Waals surface area (Å²) in [6.45, 7) is 2.86. The molecule has 0 radical (unpaired) electrons. The van der Waals surface area contributed by atoms with Crippen molar-refractivity contribution in [3.63, 3.8) is 0 Å². The second kappa shape index (κ2) is 17.0. The zero-order valence-electron chi connectivity index (χ0n) is 27.2. The number of halogens is 6. The number of carbonyl (C=O) groups excluding carboxylic acids is 2. The van der Waals surface area contributed by atoms with E-state index in [4.69, 9.17) is 34.8 Å². The third-order valence-electron chi connectivity index (χ3n) is 7.87. The van der Waals surface area contributed by atoms with Crippen LogP contribution in [0, 0.1) is 6.92 Å². The van der Waals surface area contributed by atoms with Gasteiger partial charge in [0.1, 0.15) is 12.6 Å². The van der Waals surface area contributed by atoms with Crippen molar-refractivity contribution in [2.45, 2.75) is 56.8 Å². The predicted octanol–water partition coefficient (Wildman–Crippen LogP) is 8.73. The van der Waals surface area contributed by atoms with Gasteiger partial charge in [-0.05, 0) is 66.9 Å². The number of unbranched alkanes of at least 4 members (excludes halogenated alkanes) is 1. The van der Waals surface area contributed by atoms with Crippen molar-refractivity contribution in [3.05, 3.63) is 128 Å². The average Bonchev–Trinajstić information content (AvgIpc) is 3.07. The molecule has 0 unspecified atom stereocenters. The lowest BCUT2D eigenvalue weighted by molar-refractivity contribution is -0.140. The number of amides is 2. The van der Waals surface area contributed by atoms with E-state index in [1.165, 1.54) is 41.3 Å². The van der Waals surface area contributed by atoms with E-state index in [2.05, 4.69) is 5.32 Å².